The second-order valence-electron chi connectivity index (χ2n) is 12.0. The van der Waals surface area contributed by atoms with Gasteiger partial charge in [0.15, 0.2) is 11.6 Å². The van der Waals surface area contributed by atoms with Crippen molar-refractivity contribution in [3.05, 3.63) is 93.9 Å². The number of amides is 1. The van der Waals surface area contributed by atoms with Crippen LogP contribution in [0.2, 0.25) is 0 Å². The number of aromatic amines is 1. The third kappa shape index (κ3) is 6.48. The van der Waals surface area contributed by atoms with E-state index in [4.69, 9.17) is 0 Å². The maximum atomic E-state index is 13.0. The molecule has 1 aliphatic heterocycles. The van der Waals surface area contributed by atoms with Crippen molar-refractivity contribution in [2.75, 3.05) is 28.6 Å². The number of benzene rings is 2. The molecule has 5 rings (SSSR count). The highest BCUT2D eigenvalue weighted by molar-refractivity contribution is 6.05. The molecule has 1 amide bonds. The highest BCUT2D eigenvalue weighted by Gasteiger charge is 2.18. The quantitative estimate of drug-likeness (QED) is 0.248. The number of H-pyrrole nitrogens is 1. The van der Waals surface area contributed by atoms with Gasteiger partial charge >= 0.3 is 0 Å². The van der Waals surface area contributed by atoms with Gasteiger partial charge in [0.1, 0.15) is 5.69 Å². The van der Waals surface area contributed by atoms with Crippen LogP contribution in [-0.4, -0.2) is 34.2 Å². The van der Waals surface area contributed by atoms with Gasteiger partial charge in [-0.25, -0.2) is 0 Å². The summed E-state index contributed by atoms with van der Waals surface area (Å²) in [4.78, 5) is 30.8. The third-order valence-electron chi connectivity index (χ3n) is 7.83. The fourth-order valence-electron chi connectivity index (χ4n) is 5.07. The molecule has 3 N–H and O–H groups in total. The standard InChI is InChI=1S/C33H38N6O2/c1-21-15-17-39(18-16-21)30-14-13-29(37-38-30)35-28-19-24(20-34-32(28)41)26-7-6-8-27(22(26)2)36-31(40)23-9-11-25(12-10-23)33(3,4)5/h6-14,19-21H,15-18H2,1-5H3,(H,34,41)(H,35,37)(H,36,40). The number of piperidine rings is 1. The lowest BCUT2D eigenvalue weighted by atomic mass is 9.86. The molecule has 8 nitrogen and oxygen atoms in total. The van der Waals surface area contributed by atoms with E-state index in [-0.39, 0.29) is 16.9 Å². The van der Waals surface area contributed by atoms with Crippen LogP contribution in [-0.2, 0) is 5.41 Å². The number of pyridine rings is 1. The van der Waals surface area contributed by atoms with Crippen LogP contribution in [0, 0.1) is 12.8 Å². The first-order valence-electron chi connectivity index (χ1n) is 14.2. The van der Waals surface area contributed by atoms with E-state index in [1.54, 1.807) is 12.3 Å². The Labute approximate surface area is 241 Å². The van der Waals surface area contributed by atoms with Crippen LogP contribution in [0.15, 0.2) is 71.7 Å². The van der Waals surface area contributed by atoms with E-state index in [1.165, 1.54) is 5.56 Å². The van der Waals surface area contributed by atoms with Crippen LogP contribution in [0.4, 0.5) is 23.0 Å². The molecule has 1 aliphatic rings. The van der Waals surface area contributed by atoms with E-state index >= 15 is 0 Å². The highest BCUT2D eigenvalue weighted by atomic mass is 16.1. The molecule has 1 saturated heterocycles. The first-order valence-corrected chi connectivity index (χ1v) is 14.2. The molecule has 2 aromatic heterocycles. The fourth-order valence-corrected chi connectivity index (χ4v) is 5.07. The van der Waals surface area contributed by atoms with Gasteiger partial charge in [-0.3, -0.25) is 9.59 Å². The van der Waals surface area contributed by atoms with Gasteiger partial charge in [0.25, 0.3) is 11.5 Å². The zero-order valence-corrected chi connectivity index (χ0v) is 24.4. The highest BCUT2D eigenvalue weighted by Crippen LogP contribution is 2.30. The second-order valence-corrected chi connectivity index (χ2v) is 12.0. The molecule has 2 aromatic carbocycles. The topological polar surface area (TPSA) is 103 Å². The Morgan fingerprint density at radius 1 is 0.976 bits per heavy atom. The van der Waals surface area contributed by atoms with Crippen molar-refractivity contribution >= 4 is 28.9 Å². The summed E-state index contributed by atoms with van der Waals surface area (Å²) in [6.07, 6.45) is 3.98. The summed E-state index contributed by atoms with van der Waals surface area (Å²) in [5.74, 6) is 1.92. The zero-order valence-electron chi connectivity index (χ0n) is 24.4. The van der Waals surface area contributed by atoms with Crippen molar-refractivity contribution < 1.29 is 4.79 Å². The summed E-state index contributed by atoms with van der Waals surface area (Å²) in [5, 5.41) is 14.9. The maximum Gasteiger partial charge on any atom is 0.271 e. The molecule has 3 heterocycles. The van der Waals surface area contributed by atoms with Crippen molar-refractivity contribution in [1.82, 2.24) is 15.2 Å². The first-order chi connectivity index (χ1) is 19.6. The fraction of sp³-hybridized carbons (Fsp3) is 0.333. The lowest BCUT2D eigenvalue weighted by Gasteiger charge is -2.30. The summed E-state index contributed by atoms with van der Waals surface area (Å²) < 4.78 is 0. The largest absolute Gasteiger partial charge is 0.355 e. The minimum Gasteiger partial charge on any atom is -0.355 e. The normalized spacial score (nSPS) is 14.1. The van der Waals surface area contributed by atoms with Crippen LogP contribution in [0.3, 0.4) is 0 Å². The molecule has 0 unspecified atom stereocenters. The van der Waals surface area contributed by atoms with Crippen molar-refractivity contribution in [2.24, 2.45) is 5.92 Å². The molecule has 8 heteroatoms. The Bertz CT molecular complexity index is 1580. The summed E-state index contributed by atoms with van der Waals surface area (Å²) in [6, 6.07) is 19.0. The smallest absolute Gasteiger partial charge is 0.271 e. The van der Waals surface area contributed by atoms with Crippen LogP contribution in [0.25, 0.3) is 11.1 Å². The van der Waals surface area contributed by atoms with Crippen molar-refractivity contribution in [3.63, 3.8) is 0 Å². The number of nitrogens with zero attached hydrogens (tertiary/aromatic N) is 3. The monoisotopic (exact) mass is 550 g/mol. The number of carbonyl (C=O) groups excluding carboxylic acids is 1. The molecule has 0 saturated carbocycles. The van der Waals surface area contributed by atoms with Gasteiger partial charge in [0, 0.05) is 36.1 Å². The summed E-state index contributed by atoms with van der Waals surface area (Å²) in [6.45, 7) is 12.6. The second kappa shape index (κ2) is 11.6. The van der Waals surface area contributed by atoms with E-state index in [1.807, 2.05) is 61.5 Å². The Kier molecular flexibility index (Phi) is 7.92. The van der Waals surface area contributed by atoms with Crippen molar-refractivity contribution in [2.45, 2.75) is 52.9 Å². The van der Waals surface area contributed by atoms with Crippen LogP contribution in [0.5, 0.6) is 0 Å². The van der Waals surface area contributed by atoms with Crippen LogP contribution >= 0.6 is 0 Å². The van der Waals surface area contributed by atoms with Gasteiger partial charge in [-0.2, -0.15) is 0 Å². The lowest BCUT2D eigenvalue weighted by molar-refractivity contribution is 0.102. The molecule has 1 fully saturated rings. The van der Waals surface area contributed by atoms with Gasteiger partial charge in [-0.05, 0) is 84.2 Å². The molecular formula is C33H38N6O2. The minimum atomic E-state index is -0.259. The first kappa shape index (κ1) is 28.1. The van der Waals surface area contributed by atoms with E-state index in [0.717, 1.165) is 54.4 Å². The van der Waals surface area contributed by atoms with Gasteiger partial charge in [0.2, 0.25) is 0 Å². The minimum absolute atomic E-state index is 0.0202. The predicted molar refractivity (Wildman–Crippen MR) is 166 cm³/mol. The molecule has 4 aromatic rings. The number of aromatic nitrogens is 3. The van der Waals surface area contributed by atoms with Crippen LogP contribution in [0.1, 0.15) is 62.0 Å². The molecule has 212 valence electrons. The average molecular weight is 551 g/mol. The Morgan fingerprint density at radius 2 is 1.71 bits per heavy atom. The Balaban J connectivity index is 1.32. The summed E-state index contributed by atoms with van der Waals surface area (Å²) in [5.41, 5.74) is 5.20. The van der Waals surface area contributed by atoms with Crippen molar-refractivity contribution in [1.29, 1.82) is 0 Å². The van der Waals surface area contributed by atoms with E-state index in [0.29, 0.717) is 22.8 Å². The van der Waals surface area contributed by atoms with Crippen LogP contribution < -0.4 is 21.1 Å². The molecule has 0 spiro atoms. The third-order valence-corrected chi connectivity index (χ3v) is 7.83. The Morgan fingerprint density at radius 3 is 2.37 bits per heavy atom. The number of anilines is 4. The van der Waals surface area contributed by atoms with E-state index in [9.17, 15) is 9.59 Å². The Hall–Kier alpha value is -4.46. The van der Waals surface area contributed by atoms with Gasteiger partial charge in [0.05, 0.1) is 0 Å². The summed E-state index contributed by atoms with van der Waals surface area (Å²) >= 11 is 0. The van der Waals surface area contributed by atoms with Gasteiger partial charge in [-0.15, -0.1) is 10.2 Å². The van der Waals surface area contributed by atoms with Gasteiger partial charge < -0.3 is 20.5 Å². The zero-order chi connectivity index (χ0) is 29.1. The van der Waals surface area contributed by atoms with E-state index in [2.05, 4.69) is 58.4 Å². The molecule has 0 atom stereocenters. The SMILES string of the molecule is Cc1c(NC(=O)c2ccc(C(C)(C)C)cc2)cccc1-c1c[nH]c(=O)c(Nc2ccc(N3CCC(C)CC3)nn2)c1. The number of rotatable bonds is 6. The molecule has 0 bridgehead atoms. The molecular weight excluding hydrogens is 512 g/mol. The van der Waals surface area contributed by atoms with Gasteiger partial charge in [-0.1, -0.05) is 52.0 Å². The van der Waals surface area contributed by atoms with E-state index < -0.39 is 0 Å². The number of hydrogen-bond donors (Lipinski definition) is 3. The number of nitrogens with one attached hydrogen (secondary N) is 3. The predicted octanol–water partition coefficient (Wildman–Crippen LogP) is 6.67. The average Bonchev–Trinajstić information content (AvgIpc) is 2.96. The molecule has 41 heavy (non-hydrogen) atoms. The summed E-state index contributed by atoms with van der Waals surface area (Å²) in [7, 11) is 0. The lowest BCUT2D eigenvalue weighted by Crippen LogP contribution is -2.33. The number of hydrogen-bond acceptors (Lipinski definition) is 6. The molecule has 0 aliphatic carbocycles. The molecule has 0 radical (unpaired) electrons. The maximum absolute atomic E-state index is 13.0. The van der Waals surface area contributed by atoms with Crippen molar-refractivity contribution in [3.8, 4) is 11.1 Å². The number of carbonyl (C=O) groups is 1.